The fourth-order valence-corrected chi connectivity index (χ4v) is 15.2. The van der Waals surface area contributed by atoms with E-state index >= 15 is 0 Å². The van der Waals surface area contributed by atoms with Crippen molar-refractivity contribution in [3.05, 3.63) is 196 Å². The molecule has 13 rings (SSSR count). The first-order valence-corrected chi connectivity index (χ1v) is 30.9. The van der Waals surface area contributed by atoms with Gasteiger partial charge in [0.1, 0.15) is 11.2 Å². The fraction of sp³-hybridized carbons (Fsp3) is 0.385. The lowest BCUT2D eigenvalue weighted by atomic mass is 9.29. The van der Waals surface area contributed by atoms with Crippen LogP contribution in [-0.2, 0) is 32.5 Å². The van der Waals surface area contributed by atoms with Crippen LogP contribution < -0.4 is 26.2 Å². The van der Waals surface area contributed by atoms with Gasteiger partial charge in [-0.1, -0.05) is 221 Å². The molecule has 4 heteroatoms. The summed E-state index contributed by atoms with van der Waals surface area (Å²) in [5.74, 6) is 0.194. The maximum absolute atomic E-state index is 7.20. The summed E-state index contributed by atoms with van der Waals surface area (Å²) < 4.78 is 7.20. The van der Waals surface area contributed by atoms with E-state index in [4.69, 9.17) is 4.42 Å². The highest BCUT2D eigenvalue weighted by atomic mass is 16.3. The number of hydrogen-bond acceptors (Lipinski definition) is 3. The molecule has 418 valence electrons. The second kappa shape index (κ2) is 18.4. The smallest absolute Gasteiger partial charge is 0.247 e. The van der Waals surface area contributed by atoms with Crippen molar-refractivity contribution in [1.29, 1.82) is 0 Å². The van der Waals surface area contributed by atoms with E-state index in [1.165, 1.54) is 109 Å². The summed E-state index contributed by atoms with van der Waals surface area (Å²) in [7, 11) is 0. The van der Waals surface area contributed by atoms with Crippen LogP contribution in [0.4, 0.5) is 34.1 Å². The number of benzene rings is 8. The molecule has 82 heavy (non-hydrogen) atoms. The molecule has 2 aliphatic heterocycles. The molecular weight excluding hydrogens is 992 g/mol. The van der Waals surface area contributed by atoms with Crippen LogP contribution in [0, 0.1) is 5.41 Å². The number of hydrogen-bond donors (Lipinski definition) is 0. The van der Waals surface area contributed by atoms with Gasteiger partial charge in [0, 0.05) is 50.7 Å². The summed E-state index contributed by atoms with van der Waals surface area (Å²) in [6.07, 6.45) is 6.12. The molecule has 9 aromatic rings. The Bertz CT molecular complexity index is 3950. The average molecular weight is 1080 g/mol. The highest BCUT2D eigenvalue weighted by molar-refractivity contribution is 6.99. The van der Waals surface area contributed by atoms with Crippen LogP contribution in [0.1, 0.15) is 200 Å². The Balaban J connectivity index is 1.20. The molecule has 3 heterocycles. The first-order valence-electron chi connectivity index (χ1n) is 30.9. The molecule has 3 unspecified atom stereocenters. The molecule has 0 bridgehead atoms. The highest BCUT2D eigenvalue weighted by Gasteiger charge is 2.57. The minimum absolute atomic E-state index is 0.0128. The Morgan fingerprint density at radius 1 is 0.476 bits per heavy atom. The van der Waals surface area contributed by atoms with Crippen LogP contribution in [0.25, 0.3) is 33.1 Å². The second-order valence-electron chi connectivity index (χ2n) is 31.1. The van der Waals surface area contributed by atoms with Crippen molar-refractivity contribution in [1.82, 2.24) is 0 Å². The molecule has 1 saturated carbocycles. The summed E-state index contributed by atoms with van der Waals surface area (Å²) in [6, 6.07) is 60.1. The maximum Gasteiger partial charge on any atom is 0.247 e. The van der Waals surface area contributed by atoms with Crippen LogP contribution in [0.2, 0.25) is 0 Å². The van der Waals surface area contributed by atoms with Crippen molar-refractivity contribution >= 4 is 79.2 Å². The van der Waals surface area contributed by atoms with Crippen LogP contribution in [0.5, 0.6) is 0 Å². The second-order valence-corrected chi connectivity index (χ2v) is 31.1. The van der Waals surface area contributed by atoms with Crippen molar-refractivity contribution < 1.29 is 4.42 Å². The molecule has 4 aliphatic rings. The van der Waals surface area contributed by atoms with E-state index in [9.17, 15) is 0 Å². The number of nitrogens with zero attached hydrogens (tertiary/aromatic N) is 2. The Kier molecular flexibility index (Phi) is 12.2. The van der Waals surface area contributed by atoms with Crippen LogP contribution >= 0.6 is 0 Å². The number of anilines is 6. The molecule has 0 saturated heterocycles. The summed E-state index contributed by atoms with van der Waals surface area (Å²) in [5.41, 5.74) is 27.1. The van der Waals surface area contributed by atoms with Crippen molar-refractivity contribution in [3.63, 3.8) is 0 Å². The standard InChI is InChI=1S/C78H87BN2O/c1-72(2,3)49-25-31-54(32-26-49)80(55-33-27-50(28-34-55)73(4,5)6)56-43-60-61-47-77(16)37-21-22-38-78(77,17)62-40-53(76(13,14)15)41-64(70(61)62)79-63-46-69-59(57-35-29-52(75(10,11)12)42-68(57)82-69)45-66(63)81(67(44-56)71(60)79)65-36-30-51(74(7,8)9)39-58(65)48-23-19-18-20-24-48/h18-20,23-36,39-46,61H,21-22,37-38,47H2,1-17H3. The third-order valence-electron chi connectivity index (χ3n) is 20.5. The molecule has 3 atom stereocenters. The van der Waals surface area contributed by atoms with E-state index < -0.39 is 0 Å². The van der Waals surface area contributed by atoms with Gasteiger partial charge in [-0.2, -0.15) is 0 Å². The predicted octanol–water partition coefficient (Wildman–Crippen LogP) is 20.2. The first kappa shape index (κ1) is 54.5. The Morgan fingerprint density at radius 3 is 1.65 bits per heavy atom. The lowest BCUT2D eigenvalue weighted by Gasteiger charge is -2.59. The number of fused-ring (bicyclic) bond motifs is 9. The maximum atomic E-state index is 7.20. The minimum Gasteiger partial charge on any atom is -0.456 e. The van der Waals surface area contributed by atoms with Crippen LogP contribution in [-0.4, -0.2) is 6.71 Å². The molecule has 2 aliphatic carbocycles. The van der Waals surface area contributed by atoms with Gasteiger partial charge >= 0.3 is 0 Å². The van der Waals surface area contributed by atoms with Crippen molar-refractivity contribution in [2.24, 2.45) is 5.41 Å². The van der Waals surface area contributed by atoms with E-state index in [1.807, 2.05) is 0 Å². The van der Waals surface area contributed by atoms with Crippen molar-refractivity contribution in [2.45, 2.75) is 188 Å². The van der Waals surface area contributed by atoms with Gasteiger partial charge in [0.15, 0.2) is 0 Å². The third-order valence-corrected chi connectivity index (χ3v) is 20.5. The van der Waals surface area contributed by atoms with E-state index in [2.05, 4.69) is 279 Å². The normalized spacial score (nSPS) is 19.7. The molecule has 0 spiro atoms. The zero-order valence-electron chi connectivity index (χ0n) is 52.4. The van der Waals surface area contributed by atoms with Crippen molar-refractivity contribution in [2.75, 3.05) is 9.80 Å². The van der Waals surface area contributed by atoms with Gasteiger partial charge in [0.2, 0.25) is 6.71 Å². The van der Waals surface area contributed by atoms with Crippen LogP contribution in [0.3, 0.4) is 0 Å². The summed E-state index contributed by atoms with van der Waals surface area (Å²) >= 11 is 0. The summed E-state index contributed by atoms with van der Waals surface area (Å²) in [5, 5.41) is 2.30. The molecule has 0 radical (unpaired) electrons. The Labute approximate surface area is 491 Å². The first-order chi connectivity index (χ1) is 38.5. The van der Waals surface area contributed by atoms with Gasteiger partial charge in [-0.15, -0.1) is 0 Å². The third kappa shape index (κ3) is 8.64. The van der Waals surface area contributed by atoms with E-state index in [1.54, 1.807) is 11.1 Å². The van der Waals surface area contributed by atoms with Gasteiger partial charge in [0.25, 0.3) is 0 Å². The molecule has 1 aromatic heterocycles. The Hall–Kier alpha value is -6.78. The monoisotopic (exact) mass is 1080 g/mol. The van der Waals surface area contributed by atoms with Gasteiger partial charge in [-0.3, -0.25) is 0 Å². The zero-order valence-corrected chi connectivity index (χ0v) is 52.4. The molecule has 1 fully saturated rings. The predicted molar refractivity (Wildman–Crippen MR) is 354 cm³/mol. The molecular formula is C78H87BN2O. The lowest BCUT2D eigenvalue weighted by molar-refractivity contribution is 0.0602. The molecule has 3 nitrogen and oxygen atoms in total. The summed E-state index contributed by atoms with van der Waals surface area (Å²) in [6.45, 7) is 40.5. The van der Waals surface area contributed by atoms with E-state index in [-0.39, 0.29) is 50.5 Å². The average Bonchev–Trinajstić information content (AvgIpc) is 3.49. The van der Waals surface area contributed by atoms with Gasteiger partial charge < -0.3 is 14.2 Å². The number of rotatable bonds is 5. The quantitative estimate of drug-likeness (QED) is 0.160. The van der Waals surface area contributed by atoms with Gasteiger partial charge in [0.05, 0.1) is 5.69 Å². The van der Waals surface area contributed by atoms with Gasteiger partial charge in [-0.05, 0) is 185 Å². The zero-order chi connectivity index (χ0) is 58.0. The topological polar surface area (TPSA) is 19.6 Å². The van der Waals surface area contributed by atoms with Crippen molar-refractivity contribution in [3.8, 4) is 11.1 Å². The lowest BCUT2D eigenvalue weighted by Crippen LogP contribution is -2.64. The highest BCUT2D eigenvalue weighted by Crippen LogP contribution is 2.63. The SMILES string of the molecule is CC(C)(C)c1ccc(N(c2ccc(C(C)(C)C)cc2)c2cc3c4c(c2)N(c2ccc(C(C)(C)C)cc2-c2ccccc2)c2cc5c(cc2B4c2cc(C(C)(C)C)cc4c2C3CC2(C)CCCCC42C)oc2cc(C(C)(C)C)ccc25)cc1. The molecule has 8 aromatic carbocycles. The van der Waals surface area contributed by atoms with E-state index in [0.29, 0.717) is 0 Å². The van der Waals surface area contributed by atoms with Gasteiger partial charge in [-0.25, -0.2) is 0 Å². The molecule has 0 N–H and O–H groups in total. The van der Waals surface area contributed by atoms with Crippen LogP contribution in [0.15, 0.2) is 156 Å². The largest absolute Gasteiger partial charge is 0.456 e. The Morgan fingerprint density at radius 2 is 1.04 bits per heavy atom. The molecule has 0 amide bonds. The minimum atomic E-state index is -0.0672. The summed E-state index contributed by atoms with van der Waals surface area (Å²) in [4.78, 5) is 5.29. The fourth-order valence-electron chi connectivity index (χ4n) is 15.2. The van der Waals surface area contributed by atoms with E-state index in [0.717, 1.165) is 39.7 Å². The number of furan rings is 1.